The molecule has 0 amide bonds. The first kappa shape index (κ1) is 14.7. The molecule has 3 rings (SSSR count). The van der Waals surface area contributed by atoms with Gasteiger partial charge >= 0.3 is 0 Å². The van der Waals surface area contributed by atoms with Gasteiger partial charge in [0.05, 0.1) is 41.4 Å². The average Bonchev–Trinajstić information content (AvgIpc) is 2.87. The summed E-state index contributed by atoms with van der Waals surface area (Å²) in [5, 5.41) is 32.9. The van der Waals surface area contributed by atoms with E-state index in [2.05, 4.69) is 6.07 Å². The summed E-state index contributed by atoms with van der Waals surface area (Å²) in [7, 11) is 0. The highest BCUT2D eigenvalue weighted by Gasteiger charge is 2.52. The molecular weight excluding hydrogens is 288 g/mol. The van der Waals surface area contributed by atoms with Crippen LogP contribution in [0.1, 0.15) is 37.4 Å². The lowest BCUT2D eigenvalue weighted by Crippen LogP contribution is -2.56. The van der Waals surface area contributed by atoms with Crippen LogP contribution in [0.4, 0.5) is 0 Å². The Morgan fingerprint density at radius 3 is 2.90 bits per heavy atom. The highest BCUT2D eigenvalue weighted by molar-refractivity contribution is 7.94. The van der Waals surface area contributed by atoms with Crippen LogP contribution in [0.3, 0.4) is 0 Å². The van der Waals surface area contributed by atoms with E-state index in [1.54, 1.807) is 32.0 Å². The van der Waals surface area contributed by atoms with Crippen molar-refractivity contribution in [2.75, 3.05) is 12.3 Å². The molecule has 0 bridgehead atoms. The zero-order chi connectivity index (χ0) is 15.3. The van der Waals surface area contributed by atoms with Gasteiger partial charge in [0, 0.05) is 6.42 Å². The second-order valence-corrected chi connectivity index (χ2v) is 7.38. The number of aliphatic hydroxyl groups is 1. The van der Waals surface area contributed by atoms with Crippen LogP contribution in [-0.4, -0.2) is 33.2 Å². The number of nitriles is 1. The Bertz CT molecular complexity index is 605. The molecule has 2 aliphatic heterocycles. The lowest BCUT2D eigenvalue weighted by atomic mass is 9.85. The fraction of sp³-hybridized carbons (Fsp3) is 0.533. The molecule has 5 nitrogen and oxygen atoms in total. The molecule has 3 atom stereocenters. The Labute approximate surface area is 128 Å². The Morgan fingerprint density at radius 2 is 2.29 bits per heavy atom. The minimum absolute atomic E-state index is 0.471. The predicted molar refractivity (Wildman–Crippen MR) is 80.2 cm³/mol. The Balaban J connectivity index is 2.15. The van der Waals surface area contributed by atoms with E-state index in [1.165, 1.54) is 11.9 Å². The second-order valence-electron chi connectivity index (χ2n) is 6.10. The van der Waals surface area contributed by atoms with Gasteiger partial charge in [0.15, 0.2) is 12.1 Å². The van der Waals surface area contributed by atoms with E-state index in [9.17, 15) is 10.3 Å². The molecule has 3 unspecified atom stereocenters. The number of ether oxygens (including phenoxy) is 1. The quantitative estimate of drug-likeness (QED) is 0.490. The number of hydroxylamine groups is 2. The van der Waals surface area contributed by atoms with Gasteiger partial charge in [0.2, 0.25) is 0 Å². The van der Waals surface area contributed by atoms with Crippen LogP contribution in [0.25, 0.3) is 0 Å². The number of hydrogen-bond donors (Lipinski definition) is 1. The fourth-order valence-corrected chi connectivity index (χ4v) is 4.27. The minimum Gasteiger partial charge on any atom is -0.620 e. The molecule has 0 aromatic heterocycles. The maximum absolute atomic E-state index is 13.1. The molecule has 1 aromatic carbocycles. The molecule has 1 fully saturated rings. The van der Waals surface area contributed by atoms with Gasteiger partial charge < -0.3 is 15.1 Å². The number of hydrogen-bond acceptors (Lipinski definition) is 5. The molecule has 1 saturated heterocycles. The van der Waals surface area contributed by atoms with E-state index < -0.39 is 21.8 Å². The number of nitrogens with zero attached hydrogens (tertiary/aromatic N) is 2. The van der Waals surface area contributed by atoms with Crippen LogP contribution in [0.15, 0.2) is 18.2 Å². The Morgan fingerprint density at radius 1 is 1.52 bits per heavy atom. The van der Waals surface area contributed by atoms with Gasteiger partial charge in [0.1, 0.15) is 11.4 Å². The summed E-state index contributed by atoms with van der Waals surface area (Å²) < 4.78 is 5.34. The van der Waals surface area contributed by atoms with Gasteiger partial charge in [-0.1, -0.05) is 0 Å². The molecule has 0 spiro atoms. The van der Waals surface area contributed by atoms with E-state index >= 15 is 0 Å². The zero-order valence-corrected chi connectivity index (χ0v) is 12.9. The Kier molecular flexibility index (Phi) is 3.41. The van der Waals surface area contributed by atoms with Crippen LogP contribution >= 0.6 is 11.9 Å². The van der Waals surface area contributed by atoms with Gasteiger partial charge in [-0.2, -0.15) is 5.26 Å². The van der Waals surface area contributed by atoms with Crippen molar-refractivity contribution in [3.8, 4) is 11.8 Å². The van der Waals surface area contributed by atoms with Crippen molar-refractivity contribution in [2.45, 2.75) is 38.0 Å². The first-order valence-electron chi connectivity index (χ1n) is 7.02. The van der Waals surface area contributed by atoms with Gasteiger partial charge in [-0.25, -0.2) is 0 Å². The predicted octanol–water partition coefficient (Wildman–Crippen LogP) is 2.50. The third-order valence-corrected chi connectivity index (χ3v) is 5.51. The zero-order valence-electron chi connectivity index (χ0n) is 12.1. The van der Waals surface area contributed by atoms with Gasteiger partial charge in [-0.05, 0) is 32.0 Å². The van der Waals surface area contributed by atoms with Crippen LogP contribution in [0, 0.1) is 16.5 Å². The normalized spacial score (nSPS) is 33.9. The molecule has 0 aliphatic carbocycles. The van der Waals surface area contributed by atoms with Gasteiger partial charge in [0.25, 0.3) is 0 Å². The summed E-state index contributed by atoms with van der Waals surface area (Å²) in [6.07, 6.45) is -0.0755. The van der Waals surface area contributed by atoms with Crippen molar-refractivity contribution < 1.29 is 13.9 Å². The fourth-order valence-electron chi connectivity index (χ4n) is 3.05. The molecule has 0 saturated carbocycles. The SMILES string of the molecule is CC1(C)Oc2ccc(C#N)cc2C([N+]2([O-])CCCS2)C1O. The summed E-state index contributed by atoms with van der Waals surface area (Å²) in [5.41, 5.74) is 0.292. The van der Waals surface area contributed by atoms with Crippen molar-refractivity contribution in [3.63, 3.8) is 0 Å². The topological polar surface area (TPSA) is 76.3 Å². The molecule has 1 aromatic rings. The van der Waals surface area contributed by atoms with Crippen molar-refractivity contribution in [1.29, 1.82) is 5.26 Å². The standard InChI is InChI=1S/C15H18N2O3S/c1-15(2)14(18)13(17(19)6-3-7-21-17)11-8-10(9-16)4-5-12(11)20-15/h4-5,8,13-14,18H,3,6-7H2,1-2H3. The summed E-state index contributed by atoms with van der Waals surface area (Å²) in [4.78, 5) is 0. The molecular formula is C15H18N2O3S. The van der Waals surface area contributed by atoms with Crippen LogP contribution in [0.5, 0.6) is 5.75 Å². The van der Waals surface area contributed by atoms with Crippen LogP contribution < -0.4 is 4.74 Å². The van der Waals surface area contributed by atoms with E-state index in [0.29, 0.717) is 23.4 Å². The van der Waals surface area contributed by atoms with E-state index in [0.717, 1.165) is 12.2 Å². The lowest BCUT2D eigenvalue weighted by molar-refractivity contribution is -0.780. The minimum atomic E-state index is -0.915. The van der Waals surface area contributed by atoms with Crippen LogP contribution in [-0.2, 0) is 0 Å². The molecule has 2 aliphatic rings. The molecule has 0 radical (unpaired) electrons. The molecule has 1 N–H and O–H groups in total. The van der Waals surface area contributed by atoms with Gasteiger partial charge in [-0.3, -0.25) is 4.05 Å². The number of rotatable bonds is 1. The van der Waals surface area contributed by atoms with Crippen molar-refractivity contribution in [1.82, 2.24) is 0 Å². The molecule has 112 valence electrons. The van der Waals surface area contributed by atoms with Crippen molar-refractivity contribution in [3.05, 3.63) is 34.5 Å². The first-order valence-corrected chi connectivity index (χ1v) is 7.96. The summed E-state index contributed by atoms with van der Waals surface area (Å²) in [6.45, 7) is 4.05. The van der Waals surface area contributed by atoms with Crippen molar-refractivity contribution >= 4 is 11.9 Å². The third kappa shape index (κ3) is 2.30. The molecule has 6 heteroatoms. The molecule has 21 heavy (non-hydrogen) atoms. The Hall–Kier alpha value is -1.26. The summed E-state index contributed by atoms with van der Waals surface area (Å²) in [6, 6.07) is 6.54. The monoisotopic (exact) mass is 306 g/mol. The van der Waals surface area contributed by atoms with Crippen LogP contribution in [0.2, 0.25) is 0 Å². The lowest BCUT2D eigenvalue weighted by Gasteiger charge is -2.51. The maximum atomic E-state index is 13.1. The first-order chi connectivity index (χ1) is 9.87. The third-order valence-electron chi connectivity index (χ3n) is 4.19. The largest absolute Gasteiger partial charge is 0.620 e. The van der Waals surface area contributed by atoms with Crippen molar-refractivity contribution in [2.24, 2.45) is 0 Å². The molecule has 2 heterocycles. The number of quaternary nitrogens is 1. The van der Waals surface area contributed by atoms with E-state index in [1.807, 2.05) is 0 Å². The maximum Gasteiger partial charge on any atom is 0.159 e. The van der Waals surface area contributed by atoms with E-state index in [4.69, 9.17) is 10.00 Å². The average molecular weight is 306 g/mol. The number of benzene rings is 1. The number of aliphatic hydroxyl groups excluding tert-OH is 1. The van der Waals surface area contributed by atoms with E-state index in [-0.39, 0.29) is 0 Å². The highest BCUT2D eigenvalue weighted by atomic mass is 32.2. The smallest absolute Gasteiger partial charge is 0.159 e. The second kappa shape index (κ2) is 4.89. The van der Waals surface area contributed by atoms with Gasteiger partial charge in [-0.15, -0.1) is 0 Å². The highest BCUT2D eigenvalue weighted by Crippen LogP contribution is 2.50. The summed E-state index contributed by atoms with van der Waals surface area (Å²) >= 11 is 1.32. The number of fused-ring (bicyclic) bond motifs is 1. The summed E-state index contributed by atoms with van der Waals surface area (Å²) in [5.74, 6) is 1.39.